The number of carbonyl (C=O) groups excluding carboxylic acids is 1. The van der Waals surface area contributed by atoms with Crippen molar-refractivity contribution in [1.82, 2.24) is 15.3 Å². The van der Waals surface area contributed by atoms with Gasteiger partial charge in [-0.3, -0.25) is 4.79 Å². The highest BCUT2D eigenvalue weighted by Crippen LogP contribution is 2.27. The van der Waals surface area contributed by atoms with Crippen LogP contribution in [-0.2, 0) is 4.79 Å². The van der Waals surface area contributed by atoms with Crippen molar-refractivity contribution in [2.24, 2.45) is 0 Å². The predicted octanol–water partition coefficient (Wildman–Crippen LogP) is 2.71. The van der Waals surface area contributed by atoms with E-state index in [9.17, 15) is 9.90 Å². The Morgan fingerprint density at radius 3 is 2.77 bits per heavy atom. The number of aliphatic hydroxyl groups is 1. The number of fused-ring (bicyclic) bond motifs is 1. The van der Waals surface area contributed by atoms with Crippen molar-refractivity contribution in [1.29, 1.82) is 0 Å². The number of amides is 1. The van der Waals surface area contributed by atoms with Crippen molar-refractivity contribution in [2.75, 3.05) is 17.2 Å². The van der Waals surface area contributed by atoms with Gasteiger partial charge in [0, 0.05) is 41.3 Å². The van der Waals surface area contributed by atoms with Crippen molar-refractivity contribution in [3.63, 3.8) is 0 Å². The van der Waals surface area contributed by atoms with E-state index in [1.54, 1.807) is 19.3 Å². The Kier molecular flexibility index (Phi) is 5.37. The molecule has 0 fully saturated rings. The number of carbonyl (C=O) groups is 1. The van der Waals surface area contributed by atoms with E-state index in [0.29, 0.717) is 17.3 Å². The molecule has 0 saturated carbocycles. The third-order valence-corrected chi connectivity index (χ3v) is 4.16. The zero-order chi connectivity index (χ0) is 18.7. The van der Waals surface area contributed by atoms with Crippen LogP contribution in [0.2, 0.25) is 0 Å². The normalized spacial score (nSPS) is 15.3. The van der Waals surface area contributed by atoms with Crippen LogP contribution >= 0.6 is 0 Å². The van der Waals surface area contributed by atoms with Crippen molar-refractivity contribution in [2.45, 2.75) is 45.8 Å². The second-order valence-corrected chi connectivity index (χ2v) is 6.84. The summed E-state index contributed by atoms with van der Waals surface area (Å²) in [6, 6.07) is 3.81. The maximum Gasteiger partial charge on any atom is 0.254 e. The predicted molar refractivity (Wildman–Crippen MR) is 103 cm³/mol. The summed E-state index contributed by atoms with van der Waals surface area (Å²) in [5.41, 5.74) is 1.30. The molecule has 4 N–H and O–H groups in total. The summed E-state index contributed by atoms with van der Waals surface area (Å²) >= 11 is 0. The molecular weight excluding hydrogens is 330 g/mol. The highest BCUT2D eigenvalue weighted by Gasteiger charge is 2.15. The standard InChI is InChI=1S/C19H25N5O2/c1-11(2)22-18-15-8-17(24-19(26)13-5-4-6-20-9-13)21-10-14(15)7-16(23-18)12(3)25/h7-12,20,25H,4-6H2,1-3H3,(H,22,23)(H,21,24,26). The zero-order valence-corrected chi connectivity index (χ0v) is 15.3. The molecule has 1 aliphatic rings. The van der Waals surface area contributed by atoms with E-state index in [4.69, 9.17) is 0 Å². The number of pyridine rings is 2. The van der Waals surface area contributed by atoms with Crippen LogP contribution in [0.15, 0.2) is 30.1 Å². The van der Waals surface area contributed by atoms with E-state index in [1.807, 2.05) is 26.0 Å². The number of nitrogens with one attached hydrogen (secondary N) is 3. The van der Waals surface area contributed by atoms with Gasteiger partial charge in [-0.05, 0) is 45.7 Å². The minimum absolute atomic E-state index is 0.143. The molecule has 1 unspecified atom stereocenters. The van der Waals surface area contributed by atoms with Gasteiger partial charge in [0.1, 0.15) is 11.6 Å². The Morgan fingerprint density at radius 2 is 2.12 bits per heavy atom. The molecule has 1 atom stereocenters. The number of hydrogen-bond acceptors (Lipinski definition) is 6. The molecule has 26 heavy (non-hydrogen) atoms. The Labute approximate surface area is 152 Å². The number of aromatic nitrogens is 2. The van der Waals surface area contributed by atoms with Crippen LogP contribution in [-0.4, -0.2) is 33.6 Å². The summed E-state index contributed by atoms with van der Waals surface area (Å²) < 4.78 is 0. The molecule has 7 heteroatoms. The monoisotopic (exact) mass is 355 g/mol. The fourth-order valence-corrected chi connectivity index (χ4v) is 2.86. The van der Waals surface area contributed by atoms with Crippen molar-refractivity contribution in [3.05, 3.63) is 35.8 Å². The van der Waals surface area contributed by atoms with E-state index in [1.165, 1.54) is 0 Å². The molecule has 138 valence electrons. The van der Waals surface area contributed by atoms with Gasteiger partial charge in [-0.1, -0.05) is 0 Å². The molecular formula is C19H25N5O2. The lowest BCUT2D eigenvalue weighted by molar-refractivity contribution is -0.113. The van der Waals surface area contributed by atoms with Gasteiger partial charge in [0.25, 0.3) is 5.91 Å². The van der Waals surface area contributed by atoms with Crippen LogP contribution < -0.4 is 16.0 Å². The fourth-order valence-electron chi connectivity index (χ4n) is 2.86. The summed E-state index contributed by atoms with van der Waals surface area (Å²) in [5, 5.41) is 20.8. The third kappa shape index (κ3) is 4.11. The highest BCUT2D eigenvalue weighted by molar-refractivity contribution is 6.04. The lowest BCUT2D eigenvalue weighted by Gasteiger charge is -2.16. The molecule has 0 radical (unpaired) electrons. The van der Waals surface area contributed by atoms with E-state index in [-0.39, 0.29) is 11.9 Å². The molecule has 3 heterocycles. The average molecular weight is 355 g/mol. The van der Waals surface area contributed by atoms with E-state index < -0.39 is 6.10 Å². The second-order valence-electron chi connectivity index (χ2n) is 6.84. The quantitative estimate of drug-likeness (QED) is 0.658. The third-order valence-electron chi connectivity index (χ3n) is 4.16. The van der Waals surface area contributed by atoms with Gasteiger partial charge in [0.05, 0.1) is 11.8 Å². The molecule has 1 amide bonds. The van der Waals surface area contributed by atoms with Crippen LogP contribution in [0.3, 0.4) is 0 Å². The van der Waals surface area contributed by atoms with Crippen LogP contribution in [0.25, 0.3) is 10.8 Å². The zero-order valence-electron chi connectivity index (χ0n) is 15.3. The number of anilines is 2. The smallest absolute Gasteiger partial charge is 0.254 e. The summed E-state index contributed by atoms with van der Waals surface area (Å²) in [7, 11) is 0. The van der Waals surface area contributed by atoms with E-state index in [0.717, 1.165) is 35.7 Å². The summed E-state index contributed by atoms with van der Waals surface area (Å²) in [6.07, 6.45) is 4.49. The lowest BCUT2D eigenvalue weighted by atomic mass is 10.1. The summed E-state index contributed by atoms with van der Waals surface area (Å²) in [6.45, 7) is 6.62. The van der Waals surface area contributed by atoms with Gasteiger partial charge >= 0.3 is 0 Å². The number of aliphatic hydroxyl groups excluding tert-OH is 1. The topological polar surface area (TPSA) is 99.2 Å². The lowest BCUT2D eigenvalue weighted by Crippen LogP contribution is -2.22. The molecule has 2 aromatic rings. The maximum atomic E-state index is 12.4. The minimum atomic E-state index is -0.669. The Balaban J connectivity index is 1.94. The van der Waals surface area contributed by atoms with Crippen LogP contribution in [0, 0.1) is 0 Å². The van der Waals surface area contributed by atoms with Crippen LogP contribution in [0.1, 0.15) is 45.4 Å². The molecule has 7 nitrogen and oxygen atoms in total. The van der Waals surface area contributed by atoms with Gasteiger partial charge in [-0.25, -0.2) is 9.97 Å². The Bertz CT molecular complexity index is 845. The molecule has 3 rings (SSSR count). The molecule has 0 aliphatic carbocycles. The van der Waals surface area contributed by atoms with Gasteiger partial charge in [-0.2, -0.15) is 0 Å². The summed E-state index contributed by atoms with van der Waals surface area (Å²) in [4.78, 5) is 21.3. The fraction of sp³-hybridized carbons (Fsp3) is 0.421. The van der Waals surface area contributed by atoms with Crippen molar-refractivity contribution >= 4 is 28.3 Å². The minimum Gasteiger partial charge on any atom is -0.391 e. The molecule has 0 bridgehead atoms. The number of nitrogens with zero attached hydrogens (tertiary/aromatic N) is 2. The molecule has 1 aliphatic heterocycles. The SMILES string of the molecule is CC(C)Nc1nc(C(C)O)cc2cnc(NC(=O)C3=CNCCC3)cc12. The van der Waals surface area contributed by atoms with Crippen LogP contribution in [0.5, 0.6) is 0 Å². The maximum absolute atomic E-state index is 12.4. The highest BCUT2D eigenvalue weighted by atomic mass is 16.3. The van der Waals surface area contributed by atoms with Gasteiger partial charge < -0.3 is 21.1 Å². The Morgan fingerprint density at radius 1 is 1.31 bits per heavy atom. The van der Waals surface area contributed by atoms with Gasteiger partial charge in [0.2, 0.25) is 0 Å². The second kappa shape index (κ2) is 7.70. The number of hydrogen-bond donors (Lipinski definition) is 4. The van der Waals surface area contributed by atoms with E-state index in [2.05, 4.69) is 25.9 Å². The first-order valence-corrected chi connectivity index (χ1v) is 8.93. The number of rotatable bonds is 5. The molecule has 0 spiro atoms. The molecule has 0 saturated heterocycles. The summed E-state index contributed by atoms with van der Waals surface area (Å²) in [5.74, 6) is 1.01. The van der Waals surface area contributed by atoms with E-state index >= 15 is 0 Å². The largest absolute Gasteiger partial charge is 0.391 e. The average Bonchev–Trinajstić information content (AvgIpc) is 2.62. The van der Waals surface area contributed by atoms with Crippen LogP contribution in [0.4, 0.5) is 11.6 Å². The first-order valence-electron chi connectivity index (χ1n) is 8.93. The van der Waals surface area contributed by atoms with Crippen molar-refractivity contribution in [3.8, 4) is 0 Å². The molecule has 0 aromatic carbocycles. The van der Waals surface area contributed by atoms with Crippen molar-refractivity contribution < 1.29 is 9.90 Å². The molecule has 2 aromatic heterocycles. The van der Waals surface area contributed by atoms with Gasteiger partial charge in [0.15, 0.2) is 0 Å². The van der Waals surface area contributed by atoms with Gasteiger partial charge in [-0.15, -0.1) is 0 Å². The Hall–Kier alpha value is -2.67. The first kappa shape index (κ1) is 18.1. The first-order chi connectivity index (χ1) is 12.4.